The van der Waals surface area contributed by atoms with Crippen LogP contribution >= 0.6 is 0 Å². The van der Waals surface area contributed by atoms with E-state index in [0.717, 1.165) is 22.5 Å². The van der Waals surface area contributed by atoms with Crippen LogP contribution in [-0.4, -0.2) is 16.5 Å². The number of ether oxygens (including phenoxy) is 2. The third kappa shape index (κ3) is 3.51. The van der Waals surface area contributed by atoms with Crippen molar-refractivity contribution in [3.05, 3.63) is 84.1 Å². The van der Waals surface area contributed by atoms with Crippen LogP contribution in [0.4, 0.5) is 4.39 Å². The number of fused-ring (bicyclic) bond motifs is 1. The van der Waals surface area contributed by atoms with E-state index in [1.165, 1.54) is 12.1 Å². The van der Waals surface area contributed by atoms with Crippen LogP contribution in [0.25, 0.3) is 16.8 Å². The number of hydrogen-bond donors (Lipinski definition) is 0. The highest BCUT2D eigenvalue weighted by atomic mass is 19.1. The number of hydrogen-bond acceptors (Lipinski definition) is 4. The van der Waals surface area contributed by atoms with Gasteiger partial charge in [0.2, 0.25) is 0 Å². The second kappa shape index (κ2) is 7.41. The molecule has 6 heteroatoms. The van der Waals surface area contributed by atoms with Gasteiger partial charge in [-0.1, -0.05) is 6.07 Å². The van der Waals surface area contributed by atoms with Crippen LogP contribution in [0.1, 0.15) is 11.3 Å². The number of imidazole rings is 1. The number of halogens is 1. The SMILES string of the molecule is COc1cc(C#N)ccc1-c1ccc2nc(COc3cccc(F)c3)cn2c1. The maximum absolute atomic E-state index is 13.2. The molecule has 0 saturated carbocycles. The lowest BCUT2D eigenvalue weighted by atomic mass is 10.0. The van der Waals surface area contributed by atoms with Crippen molar-refractivity contribution in [1.82, 2.24) is 9.38 Å². The number of rotatable bonds is 5. The maximum atomic E-state index is 13.2. The average molecular weight is 373 g/mol. The molecule has 2 heterocycles. The zero-order valence-corrected chi connectivity index (χ0v) is 15.1. The second-order valence-electron chi connectivity index (χ2n) is 6.19. The summed E-state index contributed by atoms with van der Waals surface area (Å²) < 4.78 is 26.2. The number of benzene rings is 2. The number of aromatic nitrogens is 2. The molecule has 0 atom stereocenters. The summed E-state index contributed by atoms with van der Waals surface area (Å²) in [5.74, 6) is 0.752. The van der Waals surface area contributed by atoms with E-state index in [4.69, 9.17) is 14.7 Å². The molecule has 5 nitrogen and oxygen atoms in total. The molecule has 28 heavy (non-hydrogen) atoms. The van der Waals surface area contributed by atoms with Crippen molar-refractivity contribution in [3.63, 3.8) is 0 Å². The Labute approximate surface area is 161 Å². The number of nitrogens with zero attached hydrogens (tertiary/aromatic N) is 3. The summed E-state index contributed by atoms with van der Waals surface area (Å²) in [6, 6.07) is 17.3. The van der Waals surface area contributed by atoms with Crippen molar-refractivity contribution in [2.45, 2.75) is 6.61 Å². The molecule has 0 bridgehead atoms. The number of nitriles is 1. The molecule has 0 radical (unpaired) electrons. The molecular weight excluding hydrogens is 357 g/mol. The summed E-state index contributed by atoms with van der Waals surface area (Å²) in [5, 5.41) is 9.06. The van der Waals surface area contributed by atoms with Crippen LogP contribution in [0.3, 0.4) is 0 Å². The summed E-state index contributed by atoms with van der Waals surface area (Å²) in [6.07, 6.45) is 3.81. The second-order valence-corrected chi connectivity index (χ2v) is 6.19. The van der Waals surface area contributed by atoms with Crippen molar-refractivity contribution in [2.75, 3.05) is 7.11 Å². The third-order valence-electron chi connectivity index (χ3n) is 4.33. The predicted molar refractivity (Wildman–Crippen MR) is 103 cm³/mol. The Hall–Kier alpha value is -3.85. The topological polar surface area (TPSA) is 59.5 Å². The highest BCUT2D eigenvalue weighted by molar-refractivity contribution is 5.72. The molecule has 4 rings (SSSR count). The largest absolute Gasteiger partial charge is 0.496 e. The fourth-order valence-corrected chi connectivity index (χ4v) is 2.99. The summed E-state index contributed by atoms with van der Waals surface area (Å²) >= 11 is 0. The highest BCUT2D eigenvalue weighted by Crippen LogP contribution is 2.31. The molecule has 0 aliphatic carbocycles. The van der Waals surface area contributed by atoms with Crippen LogP contribution < -0.4 is 9.47 Å². The van der Waals surface area contributed by atoms with Gasteiger partial charge in [-0.25, -0.2) is 9.37 Å². The van der Waals surface area contributed by atoms with Gasteiger partial charge in [0.25, 0.3) is 0 Å². The van der Waals surface area contributed by atoms with Gasteiger partial charge in [0.05, 0.1) is 24.4 Å². The van der Waals surface area contributed by atoms with Gasteiger partial charge in [-0.05, 0) is 42.5 Å². The van der Waals surface area contributed by atoms with E-state index in [2.05, 4.69) is 11.1 Å². The average Bonchev–Trinajstić information content (AvgIpc) is 3.14. The Kier molecular flexibility index (Phi) is 4.65. The quantitative estimate of drug-likeness (QED) is 0.513. The summed E-state index contributed by atoms with van der Waals surface area (Å²) in [5.41, 5.74) is 3.86. The van der Waals surface area contributed by atoms with Crippen molar-refractivity contribution in [3.8, 4) is 28.7 Å². The summed E-state index contributed by atoms with van der Waals surface area (Å²) in [6.45, 7) is 0.237. The van der Waals surface area contributed by atoms with Crippen molar-refractivity contribution >= 4 is 5.65 Å². The van der Waals surface area contributed by atoms with Crippen LogP contribution in [0, 0.1) is 17.1 Å². The molecule has 0 aliphatic rings. The first-order valence-electron chi connectivity index (χ1n) is 8.61. The molecule has 2 aromatic heterocycles. The van der Waals surface area contributed by atoms with Gasteiger partial charge in [-0.2, -0.15) is 5.26 Å². The molecule has 0 aliphatic heterocycles. The summed E-state index contributed by atoms with van der Waals surface area (Å²) in [4.78, 5) is 4.52. The minimum absolute atomic E-state index is 0.237. The Bertz CT molecular complexity index is 1190. The Morgan fingerprint density at radius 1 is 1.11 bits per heavy atom. The minimum atomic E-state index is -0.339. The molecule has 0 saturated heterocycles. The molecule has 0 spiro atoms. The zero-order chi connectivity index (χ0) is 19.5. The Morgan fingerprint density at radius 2 is 2.00 bits per heavy atom. The summed E-state index contributed by atoms with van der Waals surface area (Å²) in [7, 11) is 1.58. The molecule has 0 N–H and O–H groups in total. The van der Waals surface area contributed by atoms with Crippen molar-refractivity contribution < 1.29 is 13.9 Å². The van der Waals surface area contributed by atoms with E-state index >= 15 is 0 Å². The van der Waals surface area contributed by atoms with Gasteiger partial charge in [-0.3, -0.25) is 0 Å². The Morgan fingerprint density at radius 3 is 2.79 bits per heavy atom. The Balaban J connectivity index is 1.61. The predicted octanol–water partition coefficient (Wildman–Crippen LogP) is 4.60. The van der Waals surface area contributed by atoms with E-state index in [-0.39, 0.29) is 12.4 Å². The molecule has 0 amide bonds. The van der Waals surface area contributed by atoms with Crippen LogP contribution in [0.2, 0.25) is 0 Å². The van der Waals surface area contributed by atoms with Gasteiger partial charge in [0.1, 0.15) is 29.6 Å². The van der Waals surface area contributed by atoms with E-state index in [9.17, 15) is 4.39 Å². The standard InChI is InChI=1S/C22H16FN3O2/c1-27-21-9-15(11-24)5-7-20(21)16-6-8-22-25-18(13-26(22)12-16)14-28-19-4-2-3-17(23)10-19/h2-10,12-13H,14H2,1H3. The molecular formula is C22H16FN3O2. The van der Waals surface area contributed by atoms with Crippen molar-refractivity contribution in [1.29, 1.82) is 5.26 Å². The maximum Gasteiger partial charge on any atom is 0.137 e. The van der Waals surface area contributed by atoms with E-state index in [0.29, 0.717) is 17.1 Å². The number of methoxy groups -OCH3 is 1. The van der Waals surface area contributed by atoms with E-state index in [1.54, 1.807) is 31.4 Å². The van der Waals surface area contributed by atoms with Gasteiger partial charge in [0, 0.05) is 29.6 Å². The monoisotopic (exact) mass is 373 g/mol. The van der Waals surface area contributed by atoms with Crippen molar-refractivity contribution in [2.24, 2.45) is 0 Å². The smallest absolute Gasteiger partial charge is 0.137 e. The van der Waals surface area contributed by atoms with Crippen LogP contribution in [0.15, 0.2) is 67.0 Å². The van der Waals surface area contributed by atoms with E-state index < -0.39 is 0 Å². The molecule has 2 aromatic carbocycles. The molecule has 4 aromatic rings. The zero-order valence-electron chi connectivity index (χ0n) is 15.1. The number of pyridine rings is 1. The van der Waals surface area contributed by atoms with Gasteiger partial charge in [-0.15, -0.1) is 0 Å². The third-order valence-corrected chi connectivity index (χ3v) is 4.33. The van der Waals surface area contributed by atoms with E-state index in [1.807, 2.05) is 35.0 Å². The minimum Gasteiger partial charge on any atom is -0.496 e. The fourth-order valence-electron chi connectivity index (χ4n) is 2.99. The molecule has 0 fully saturated rings. The molecule has 0 unspecified atom stereocenters. The van der Waals surface area contributed by atoms with Crippen LogP contribution in [-0.2, 0) is 6.61 Å². The molecule has 138 valence electrons. The van der Waals surface area contributed by atoms with Gasteiger partial charge in [0.15, 0.2) is 0 Å². The normalized spacial score (nSPS) is 10.6. The van der Waals surface area contributed by atoms with Gasteiger partial charge < -0.3 is 13.9 Å². The lowest BCUT2D eigenvalue weighted by Crippen LogP contribution is -1.95. The highest BCUT2D eigenvalue weighted by Gasteiger charge is 2.10. The first kappa shape index (κ1) is 17.6. The van der Waals surface area contributed by atoms with Crippen LogP contribution in [0.5, 0.6) is 11.5 Å². The fraction of sp³-hybridized carbons (Fsp3) is 0.0909. The first-order valence-corrected chi connectivity index (χ1v) is 8.61. The first-order chi connectivity index (χ1) is 13.7. The lowest BCUT2D eigenvalue weighted by Gasteiger charge is -2.09. The lowest BCUT2D eigenvalue weighted by molar-refractivity contribution is 0.300. The van der Waals surface area contributed by atoms with Gasteiger partial charge >= 0.3 is 0 Å².